The van der Waals surface area contributed by atoms with Crippen LogP contribution in [0.25, 0.3) is 0 Å². The molecule has 7 heteroatoms. The molecule has 122 valence electrons. The first kappa shape index (κ1) is 15.0. The van der Waals surface area contributed by atoms with E-state index in [0.29, 0.717) is 13.0 Å². The SMILES string of the molecule is Cc1cnc(CC(=O)N2CCc3[nH]cnc3C2c2cccnc2)s1. The molecule has 1 aliphatic rings. The Kier molecular flexibility index (Phi) is 3.86. The molecule has 4 heterocycles. The van der Waals surface area contributed by atoms with Crippen molar-refractivity contribution in [3.05, 3.63) is 63.9 Å². The number of hydrogen-bond acceptors (Lipinski definition) is 5. The Hall–Kier alpha value is -2.54. The summed E-state index contributed by atoms with van der Waals surface area (Å²) in [6, 6.07) is 3.69. The van der Waals surface area contributed by atoms with Crippen LogP contribution in [0.3, 0.4) is 0 Å². The number of thiazole rings is 1. The molecule has 1 aliphatic heterocycles. The van der Waals surface area contributed by atoms with Gasteiger partial charge in [-0.05, 0) is 18.6 Å². The molecule has 3 aromatic rings. The number of aryl methyl sites for hydroxylation is 1. The van der Waals surface area contributed by atoms with Crippen LogP contribution in [0.1, 0.15) is 32.9 Å². The zero-order chi connectivity index (χ0) is 16.5. The summed E-state index contributed by atoms with van der Waals surface area (Å²) in [6.07, 6.45) is 8.18. The molecule has 0 spiro atoms. The zero-order valence-electron chi connectivity index (χ0n) is 13.3. The number of amides is 1. The summed E-state index contributed by atoms with van der Waals surface area (Å²) >= 11 is 1.57. The molecule has 1 amide bonds. The summed E-state index contributed by atoms with van der Waals surface area (Å²) in [6.45, 7) is 2.67. The minimum absolute atomic E-state index is 0.0758. The van der Waals surface area contributed by atoms with E-state index in [0.717, 1.165) is 33.3 Å². The van der Waals surface area contributed by atoms with Crippen LogP contribution in [0.4, 0.5) is 0 Å². The molecule has 1 atom stereocenters. The Bertz CT molecular complexity index is 857. The minimum atomic E-state index is -0.192. The maximum absolute atomic E-state index is 12.9. The maximum atomic E-state index is 12.9. The quantitative estimate of drug-likeness (QED) is 0.794. The zero-order valence-corrected chi connectivity index (χ0v) is 14.1. The second-order valence-electron chi connectivity index (χ2n) is 5.83. The van der Waals surface area contributed by atoms with Crippen LogP contribution in [0.15, 0.2) is 37.1 Å². The smallest absolute Gasteiger partial charge is 0.230 e. The van der Waals surface area contributed by atoms with E-state index in [4.69, 9.17) is 0 Å². The Morgan fingerprint density at radius 2 is 2.33 bits per heavy atom. The molecule has 0 radical (unpaired) electrons. The molecule has 0 bridgehead atoms. The van der Waals surface area contributed by atoms with Crippen molar-refractivity contribution in [2.24, 2.45) is 0 Å². The molecule has 0 saturated carbocycles. The van der Waals surface area contributed by atoms with Crippen LogP contribution in [-0.2, 0) is 17.6 Å². The van der Waals surface area contributed by atoms with Crippen molar-refractivity contribution in [2.45, 2.75) is 25.8 Å². The van der Waals surface area contributed by atoms with Crippen molar-refractivity contribution in [1.82, 2.24) is 24.8 Å². The van der Waals surface area contributed by atoms with Gasteiger partial charge in [0, 0.05) is 42.1 Å². The monoisotopic (exact) mass is 339 g/mol. The molecule has 0 aliphatic carbocycles. The normalized spacial score (nSPS) is 16.9. The lowest BCUT2D eigenvalue weighted by Crippen LogP contribution is -2.41. The molecular weight excluding hydrogens is 322 g/mol. The van der Waals surface area contributed by atoms with Gasteiger partial charge in [-0.1, -0.05) is 6.07 Å². The Morgan fingerprint density at radius 1 is 1.42 bits per heavy atom. The molecule has 0 fully saturated rings. The molecule has 24 heavy (non-hydrogen) atoms. The molecule has 6 nitrogen and oxygen atoms in total. The van der Waals surface area contributed by atoms with Gasteiger partial charge >= 0.3 is 0 Å². The fourth-order valence-corrected chi connectivity index (χ4v) is 3.91. The van der Waals surface area contributed by atoms with Crippen molar-refractivity contribution in [2.75, 3.05) is 6.54 Å². The van der Waals surface area contributed by atoms with Gasteiger partial charge in [0.2, 0.25) is 5.91 Å². The average molecular weight is 339 g/mol. The van der Waals surface area contributed by atoms with E-state index in [2.05, 4.69) is 19.9 Å². The summed E-state index contributed by atoms with van der Waals surface area (Å²) in [5.41, 5.74) is 2.99. The van der Waals surface area contributed by atoms with Gasteiger partial charge in [0.05, 0.1) is 18.4 Å². The van der Waals surface area contributed by atoms with Crippen molar-refractivity contribution in [3.63, 3.8) is 0 Å². The number of aromatic nitrogens is 4. The van der Waals surface area contributed by atoms with E-state index in [-0.39, 0.29) is 11.9 Å². The van der Waals surface area contributed by atoms with E-state index < -0.39 is 0 Å². The van der Waals surface area contributed by atoms with Gasteiger partial charge in [0.15, 0.2) is 0 Å². The van der Waals surface area contributed by atoms with E-state index in [1.54, 1.807) is 23.9 Å². The van der Waals surface area contributed by atoms with Gasteiger partial charge in [0.25, 0.3) is 0 Å². The third kappa shape index (κ3) is 2.71. The number of rotatable bonds is 3. The molecule has 1 unspecified atom stereocenters. The van der Waals surface area contributed by atoms with Gasteiger partial charge in [-0.2, -0.15) is 0 Å². The summed E-state index contributed by atoms with van der Waals surface area (Å²) in [5, 5.41) is 0.857. The average Bonchev–Trinajstić information content (AvgIpc) is 3.23. The summed E-state index contributed by atoms with van der Waals surface area (Å²) in [4.78, 5) is 32.1. The highest BCUT2D eigenvalue weighted by Crippen LogP contribution is 2.33. The Labute approximate surface area is 143 Å². The third-order valence-electron chi connectivity index (χ3n) is 4.22. The van der Waals surface area contributed by atoms with Crippen LogP contribution >= 0.6 is 11.3 Å². The highest BCUT2D eigenvalue weighted by atomic mass is 32.1. The van der Waals surface area contributed by atoms with Crippen LogP contribution < -0.4 is 0 Å². The first-order valence-corrected chi connectivity index (χ1v) is 8.67. The van der Waals surface area contributed by atoms with Crippen LogP contribution in [-0.4, -0.2) is 37.3 Å². The second-order valence-corrected chi connectivity index (χ2v) is 7.15. The number of nitrogens with zero attached hydrogens (tertiary/aromatic N) is 4. The largest absolute Gasteiger partial charge is 0.348 e. The highest BCUT2D eigenvalue weighted by molar-refractivity contribution is 7.11. The maximum Gasteiger partial charge on any atom is 0.230 e. The number of carbonyl (C=O) groups is 1. The fourth-order valence-electron chi connectivity index (χ4n) is 3.13. The minimum Gasteiger partial charge on any atom is -0.348 e. The summed E-state index contributed by atoms with van der Waals surface area (Å²) < 4.78 is 0. The predicted octanol–water partition coefficient (Wildman–Crippen LogP) is 2.29. The number of nitrogens with one attached hydrogen (secondary N) is 1. The Morgan fingerprint density at radius 3 is 3.08 bits per heavy atom. The van der Waals surface area contributed by atoms with Gasteiger partial charge < -0.3 is 9.88 Å². The van der Waals surface area contributed by atoms with E-state index in [9.17, 15) is 4.79 Å². The topological polar surface area (TPSA) is 74.8 Å². The number of hydrogen-bond donors (Lipinski definition) is 1. The van der Waals surface area contributed by atoms with Crippen molar-refractivity contribution in [3.8, 4) is 0 Å². The van der Waals surface area contributed by atoms with Gasteiger partial charge in [-0.15, -0.1) is 11.3 Å². The molecular formula is C17H17N5OS. The van der Waals surface area contributed by atoms with Crippen LogP contribution in [0, 0.1) is 6.92 Å². The molecule has 0 saturated heterocycles. The van der Waals surface area contributed by atoms with Gasteiger partial charge in [0.1, 0.15) is 11.0 Å². The lowest BCUT2D eigenvalue weighted by atomic mass is 9.96. The van der Waals surface area contributed by atoms with E-state index in [1.165, 1.54) is 0 Å². The highest BCUT2D eigenvalue weighted by Gasteiger charge is 2.34. The summed E-state index contributed by atoms with van der Waals surface area (Å²) in [7, 11) is 0. The van der Waals surface area contributed by atoms with E-state index >= 15 is 0 Å². The van der Waals surface area contributed by atoms with Crippen molar-refractivity contribution >= 4 is 17.2 Å². The number of pyridine rings is 1. The lowest BCUT2D eigenvalue weighted by Gasteiger charge is -2.35. The number of fused-ring (bicyclic) bond motifs is 1. The third-order valence-corrected chi connectivity index (χ3v) is 5.13. The van der Waals surface area contributed by atoms with Crippen molar-refractivity contribution in [1.29, 1.82) is 0 Å². The number of aromatic amines is 1. The van der Waals surface area contributed by atoms with Gasteiger partial charge in [-0.25, -0.2) is 9.97 Å². The van der Waals surface area contributed by atoms with Crippen molar-refractivity contribution < 1.29 is 4.79 Å². The lowest BCUT2D eigenvalue weighted by molar-refractivity contribution is -0.132. The molecule has 0 aromatic carbocycles. The van der Waals surface area contributed by atoms with Crippen LogP contribution in [0.2, 0.25) is 0 Å². The first-order chi connectivity index (χ1) is 11.7. The number of carbonyl (C=O) groups excluding carboxylic acids is 1. The molecule has 4 rings (SSSR count). The number of H-pyrrole nitrogens is 1. The van der Waals surface area contributed by atoms with E-state index in [1.807, 2.05) is 36.4 Å². The first-order valence-electron chi connectivity index (χ1n) is 7.85. The standard InChI is InChI=1S/C17H17N5OS/c1-11-8-19-14(24-11)7-15(23)22-6-4-13-16(21-10-20-13)17(22)12-3-2-5-18-9-12/h2-3,5,8-10,17H,4,6-7H2,1H3,(H,20,21). The second kappa shape index (κ2) is 6.16. The number of imidazole rings is 1. The van der Waals surface area contributed by atoms with Gasteiger partial charge in [-0.3, -0.25) is 9.78 Å². The summed E-state index contributed by atoms with van der Waals surface area (Å²) in [5.74, 6) is 0.0758. The molecule has 3 aromatic heterocycles. The van der Waals surface area contributed by atoms with Crippen LogP contribution in [0.5, 0.6) is 0 Å². The Balaban J connectivity index is 1.67. The fraction of sp³-hybridized carbons (Fsp3) is 0.294. The molecule has 1 N–H and O–H groups in total. The predicted molar refractivity (Wildman–Crippen MR) is 90.6 cm³/mol.